The summed E-state index contributed by atoms with van der Waals surface area (Å²) in [5, 5.41) is 3.00. The van der Waals surface area contributed by atoms with Gasteiger partial charge in [-0.2, -0.15) is 0 Å². The molecule has 1 aliphatic carbocycles. The predicted molar refractivity (Wildman–Crippen MR) is 114 cm³/mol. The molecule has 2 aliphatic rings. The van der Waals surface area contributed by atoms with Gasteiger partial charge in [-0.05, 0) is 25.3 Å². The first-order valence-electron chi connectivity index (χ1n) is 10.9. The molecule has 0 spiro atoms. The summed E-state index contributed by atoms with van der Waals surface area (Å²) >= 11 is 0. The van der Waals surface area contributed by atoms with Crippen LogP contribution < -0.4 is 5.32 Å². The first-order valence-corrected chi connectivity index (χ1v) is 10.9. The van der Waals surface area contributed by atoms with Crippen molar-refractivity contribution in [3.8, 4) is 0 Å². The number of methoxy groups -OCH3 is 1. The number of nitrogens with zero attached hydrogens (tertiary/aromatic N) is 2. The highest BCUT2D eigenvalue weighted by molar-refractivity contribution is 5.83. The van der Waals surface area contributed by atoms with Crippen molar-refractivity contribution in [1.29, 1.82) is 0 Å². The Morgan fingerprint density at radius 1 is 1.13 bits per heavy atom. The van der Waals surface area contributed by atoms with Gasteiger partial charge in [-0.15, -0.1) is 0 Å². The zero-order chi connectivity index (χ0) is 21.5. The number of benzene rings is 1. The molecule has 0 aromatic heterocycles. The fourth-order valence-corrected chi connectivity index (χ4v) is 4.62. The van der Waals surface area contributed by atoms with Crippen LogP contribution in [-0.2, 0) is 25.5 Å². The summed E-state index contributed by atoms with van der Waals surface area (Å²) in [6.07, 6.45) is 3.92. The van der Waals surface area contributed by atoms with Gasteiger partial charge < -0.3 is 19.9 Å². The van der Waals surface area contributed by atoms with E-state index in [1.807, 2.05) is 31.2 Å². The van der Waals surface area contributed by atoms with Crippen molar-refractivity contribution in [2.45, 2.75) is 45.1 Å². The molecule has 3 rings (SSSR count). The van der Waals surface area contributed by atoms with Crippen LogP contribution in [0.4, 0.5) is 0 Å². The molecule has 0 radical (unpaired) electrons. The van der Waals surface area contributed by atoms with E-state index in [1.54, 1.807) is 9.80 Å². The minimum atomic E-state index is -0.186. The molecule has 2 fully saturated rings. The quantitative estimate of drug-likeness (QED) is 0.809. The zero-order valence-corrected chi connectivity index (χ0v) is 18.1. The van der Waals surface area contributed by atoms with Gasteiger partial charge in [0.1, 0.15) is 6.61 Å². The van der Waals surface area contributed by atoms with Gasteiger partial charge in [0.2, 0.25) is 17.7 Å². The first-order chi connectivity index (χ1) is 14.5. The normalized spacial score (nSPS) is 22.8. The second-order valence-electron chi connectivity index (χ2n) is 8.32. The van der Waals surface area contributed by atoms with E-state index in [0.717, 1.165) is 36.8 Å². The van der Waals surface area contributed by atoms with E-state index < -0.39 is 0 Å². The van der Waals surface area contributed by atoms with Crippen LogP contribution in [0.1, 0.15) is 36.8 Å². The van der Waals surface area contributed by atoms with Gasteiger partial charge >= 0.3 is 0 Å². The highest BCUT2D eigenvalue weighted by Crippen LogP contribution is 2.29. The monoisotopic (exact) mass is 415 g/mol. The summed E-state index contributed by atoms with van der Waals surface area (Å²) < 4.78 is 5.08. The van der Waals surface area contributed by atoms with E-state index in [1.165, 1.54) is 7.11 Å². The number of hydrogen-bond donors (Lipinski definition) is 1. The predicted octanol–water partition coefficient (Wildman–Crippen LogP) is 1.53. The van der Waals surface area contributed by atoms with Crippen molar-refractivity contribution in [3.05, 3.63) is 35.4 Å². The maximum Gasteiger partial charge on any atom is 0.248 e. The molecule has 3 amide bonds. The highest BCUT2D eigenvalue weighted by Gasteiger charge is 2.37. The molecule has 0 unspecified atom stereocenters. The number of ether oxygens (including phenoxy) is 1. The van der Waals surface area contributed by atoms with Crippen molar-refractivity contribution >= 4 is 17.7 Å². The second-order valence-corrected chi connectivity index (χ2v) is 8.32. The van der Waals surface area contributed by atoms with Crippen LogP contribution in [-0.4, -0.2) is 73.5 Å². The van der Waals surface area contributed by atoms with E-state index in [9.17, 15) is 14.4 Å². The SMILES string of the molecule is COCC(=O)N1CCN(C(=O)Cc2cccc(C)c2)CCNC(=O)[C@H]2CCCC[C@H]21. The molecular weight excluding hydrogens is 382 g/mol. The maximum absolute atomic E-state index is 13.0. The zero-order valence-electron chi connectivity index (χ0n) is 18.1. The standard InChI is InChI=1S/C23H33N3O4/c1-17-6-5-7-18(14-17)15-21(27)25-11-10-24-23(29)19-8-3-4-9-20(19)26(13-12-25)22(28)16-30-2/h5-7,14,19-20H,3-4,8-13,15-16H2,1-2H3,(H,24,29)/t19-,20+/m0/s1. The lowest BCUT2D eigenvalue weighted by atomic mass is 9.82. The molecular formula is C23H33N3O4. The van der Waals surface area contributed by atoms with Crippen LogP contribution in [0.25, 0.3) is 0 Å². The number of carbonyl (C=O) groups is 3. The van der Waals surface area contributed by atoms with Crippen molar-refractivity contribution in [1.82, 2.24) is 15.1 Å². The fraction of sp³-hybridized carbons (Fsp3) is 0.609. The van der Waals surface area contributed by atoms with Gasteiger partial charge in [-0.3, -0.25) is 14.4 Å². The van der Waals surface area contributed by atoms with Gasteiger partial charge in [-0.25, -0.2) is 0 Å². The van der Waals surface area contributed by atoms with Gasteiger partial charge in [-0.1, -0.05) is 42.7 Å². The van der Waals surface area contributed by atoms with E-state index in [-0.39, 0.29) is 36.3 Å². The van der Waals surface area contributed by atoms with Crippen LogP contribution in [0.2, 0.25) is 0 Å². The minimum absolute atomic E-state index is 0.00903. The number of carbonyl (C=O) groups excluding carboxylic acids is 3. The number of rotatable bonds is 4. The minimum Gasteiger partial charge on any atom is -0.375 e. The Hall–Kier alpha value is -2.41. The van der Waals surface area contributed by atoms with Crippen molar-refractivity contribution in [2.75, 3.05) is 39.9 Å². The Morgan fingerprint density at radius 2 is 1.93 bits per heavy atom. The Kier molecular flexibility index (Phi) is 7.85. The van der Waals surface area contributed by atoms with Crippen LogP contribution in [0, 0.1) is 12.8 Å². The lowest BCUT2D eigenvalue weighted by molar-refractivity contribution is -0.144. The molecule has 1 saturated carbocycles. The Balaban J connectivity index is 1.76. The number of fused-ring (bicyclic) bond motifs is 1. The maximum atomic E-state index is 13.0. The van der Waals surface area contributed by atoms with E-state index in [2.05, 4.69) is 5.32 Å². The molecule has 1 aromatic rings. The summed E-state index contributed by atoms with van der Waals surface area (Å²) in [6.45, 7) is 3.76. The van der Waals surface area contributed by atoms with E-state index in [0.29, 0.717) is 32.6 Å². The second kappa shape index (κ2) is 10.6. The van der Waals surface area contributed by atoms with Gasteiger partial charge in [0.15, 0.2) is 0 Å². The Bertz CT molecular complexity index is 767. The van der Waals surface area contributed by atoms with Crippen molar-refractivity contribution in [2.24, 2.45) is 5.92 Å². The third kappa shape index (κ3) is 5.59. The highest BCUT2D eigenvalue weighted by atomic mass is 16.5. The summed E-state index contributed by atoms with van der Waals surface area (Å²) in [6, 6.07) is 7.80. The van der Waals surface area contributed by atoms with E-state index in [4.69, 9.17) is 4.74 Å². The lowest BCUT2D eigenvalue weighted by Crippen LogP contribution is -2.56. The third-order valence-electron chi connectivity index (χ3n) is 6.14. The largest absolute Gasteiger partial charge is 0.375 e. The van der Waals surface area contributed by atoms with Crippen molar-refractivity contribution < 1.29 is 19.1 Å². The Morgan fingerprint density at radius 3 is 2.70 bits per heavy atom. The molecule has 164 valence electrons. The molecule has 1 aromatic carbocycles. The summed E-state index contributed by atoms with van der Waals surface area (Å²) in [7, 11) is 1.50. The summed E-state index contributed by atoms with van der Waals surface area (Å²) in [5.74, 6) is -0.305. The number of amides is 3. The molecule has 1 aliphatic heterocycles. The fourth-order valence-electron chi connectivity index (χ4n) is 4.62. The molecule has 7 heteroatoms. The number of nitrogens with one attached hydrogen (secondary N) is 1. The molecule has 7 nitrogen and oxygen atoms in total. The Labute approximate surface area is 178 Å². The van der Waals surface area contributed by atoms with E-state index >= 15 is 0 Å². The van der Waals surface area contributed by atoms with Crippen LogP contribution in [0.5, 0.6) is 0 Å². The smallest absolute Gasteiger partial charge is 0.248 e. The van der Waals surface area contributed by atoms with Crippen molar-refractivity contribution in [3.63, 3.8) is 0 Å². The summed E-state index contributed by atoms with van der Waals surface area (Å²) in [5.41, 5.74) is 2.09. The molecule has 1 N–H and O–H groups in total. The van der Waals surface area contributed by atoms with Crippen LogP contribution in [0.3, 0.4) is 0 Å². The van der Waals surface area contributed by atoms with Crippen LogP contribution >= 0.6 is 0 Å². The number of aryl methyl sites for hydroxylation is 1. The van der Waals surface area contributed by atoms with Crippen LogP contribution in [0.15, 0.2) is 24.3 Å². The molecule has 2 atom stereocenters. The lowest BCUT2D eigenvalue weighted by Gasteiger charge is -2.41. The van der Waals surface area contributed by atoms with Gasteiger partial charge in [0.25, 0.3) is 0 Å². The molecule has 1 saturated heterocycles. The average molecular weight is 416 g/mol. The molecule has 30 heavy (non-hydrogen) atoms. The van der Waals surface area contributed by atoms with Gasteiger partial charge in [0.05, 0.1) is 12.3 Å². The average Bonchev–Trinajstić information content (AvgIpc) is 2.72. The topological polar surface area (TPSA) is 79.0 Å². The molecule has 1 heterocycles. The molecule has 0 bridgehead atoms. The summed E-state index contributed by atoms with van der Waals surface area (Å²) in [4.78, 5) is 42.1. The van der Waals surface area contributed by atoms with Gasteiger partial charge in [0, 0.05) is 39.3 Å². The number of hydrogen-bond acceptors (Lipinski definition) is 4. The third-order valence-corrected chi connectivity index (χ3v) is 6.14. The first kappa shape index (κ1) is 22.3.